The van der Waals surface area contributed by atoms with E-state index in [0.717, 1.165) is 31.0 Å². The monoisotopic (exact) mass is 428 g/mol. The smallest absolute Gasteiger partial charge is 0.270 e. The Morgan fingerprint density at radius 3 is 2.42 bits per heavy atom. The number of benzene rings is 1. The Labute approximate surface area is 178 Å². The van der Waals surface area contributed by atoms with Gasteiger partial charge in [-0.3, -0.25) is 0 Å². The summed E-state index contributed by atoms with van der Waals surface area (Å²) in [4.78, 5) is 10.1. The number of alkyl halides is 2. The van der Waals surface area contributed by atoms with Crippen molar-refractivity contribution < 1.29 is 13.2 Å². The molecule has 1 saturated carbocycles. The van der Waals surface area contributed by atoms with Crippen LogP contribution in [0.3, 0.4) is 0 Å². The van der Waals surface area contributed by atoms with E-state index in [9.17, 15) is 8.78 Å². The summed E-state index contributed by atoms with van der Waals surface area (Å²) in [7, 11) is 0. The van der Waals surface area contributed by atoms with Gasteiger partial charge in [0.1, 0.15) is 6.33 Å². The molecule has 2 heterocycles. The van der Waals surface area contributed by atoms with E-state index in [4.69, 9.17) is 0 Å². The molecule has 0 saturated heterocycles. The molecule has 0 bridgehead atoms. The lowest BCUT2D eigenvalue weighted by Gasteiger charge is -2.25. The van der Waals surface area contributed by atoms with Gasteiger partial charge in [-0.2, -0.15) is 14.6 Å². The van der Waals surface area contributed by atoms with Crippen LogP contribution in [0.15, 0.2) is 42.7 Å². The first kappa shape index (κ1) is 21.0. The van der Waals surface area contributed by atoms with Crippen molar-refractivity contribution >= 4 is 11.6 Å². The highest BCUT2D eigenvalue weighted by molar-refractivity contribution is 5.52. The van der Waals surface area contributed by atoms with Gasteiger partial charge in [0, 0.05) is 25.1 Å². The van der Waals surface area contributed by atoms with Crippen LogP contribution < -0.4 is 10.2 Å². The Bertz CT molecular complexity index is 1030. The molecule has 3 aromatic rings. The molecule has 9 heteroatoms. The topological polar surface area (TPSA) is 66.8 Å². The molecule has 31 heavy (non-hydrogen) atoms. The van der Waals surface area contributed by atoms with Crippen molar-refractivity contribution in [2.45, 2.75) is 51.7 Å². The number of nitrogens with zero attached hydrogens (tertiary/aromatic N) is 5. The summed E-state index contributed by atoms with van der Waals surface area (Å²) >= 11 is 0. The van der Waals surface area contributed by atoms with E-state index in [1.807, 2.05) is 24.0 Å². The van der Waals surface area contributed by atoms with E-state index in [1.54, 1.807) is 12.1 Å². The van der Waals surface area contributed by atoms with Crippen molar-refractivity contribution in [1.82, 2.24) is 20.2 Å². The molecule has 0 radical (unpaired) electrons. The van der Waals surface area contributed by atoms with Gasteiger partial charge in [-0.1, -0.05) is 24.3 Å². The van der Waals surface area contributed by atoms with Crippen LogP contribution in [0.1, 0.15) is 42.3 Å². The lowest BCUT2D eigenvalue weighted by Crippen LogP contribution is -2.27. The molecule has 2 aromatic heterocycles. The summed E-state index contributed by atoms with van der Waals surface area (Å²) in [5.74, 6) is -3.17. The first-order valence-corrected chi connectivity index (χ1v) is 10.1. The van der Waals surface area contributed by atoms with Crippen molar-refractivity contribution in [2.75, 3.05) is 10.2 Å². The number of aromatic nitrogens is 4. The molecule has 0 aliphatic heterocycles. The molecule has 162 valence electrons. The highest BCUT2D eigenvalue weighted by Gasteiger charge is 2.33. The number of aryl methyl sites for hydroxylation is 1. The van der Waals surface area contributed by atoms with Crippen LogP contribution in [0.2, 0.25) is 0 Å². The SMILES string of the molecule is Cc1ccc(CNc2ncnc(N(Cc3ccc(C(C)(F)F)cc3)C3CC3)c2F)nn1. The van der Waals surface area contributed by atoms with Gasteiger partial charge in [-0.15, -0.1) is 0 Å². The second-order valence-electron chi connectivity index (χ2n) is 7.82. The van der Waals surface area contributed by atoms with Gasteiger partial charge in [0.2, 0.25) is 5.82 Å². The van der Waals surface area contributed by atoms with Crippen molar-refractivity contribution in [2.24, 2.45) is 0 Å². The number of hydrogen-bond acceptors (Lipinski definition) is 6. The van der Waals surface area contributed by atoms with Crippen LogP contribution in [0.4, 0.5) is 24.8 Å². The maximum Gasteiger partial charge on any atom is 0.270 e. The Balaban J connectivity index is 1.52. The molecule has 0 amide bonds. The average molecular weight is 428 g/mol. The maximum atomic E-state index is 15.2. The van der Waals surface area contributed by atoms with E-state index < -0.39 is 11.7 Å². The van der Waals surface area contributed by atoms with E-state index in [-0.39, 0.29) is 29.8 Å². The Morgan fingerprint density at radius 2 is 1.81 bits per heavy atom. The summed E-state index contributed by atoms with van der Waals surface area (Å²) < 4.78 is 42.2. The normalized spacial score (nSPS) is 13.8. The zero-order valence-corrected chi connectivity index (χ0v) is 17.3. The molecule has 4 rings (SSSR count). The Hall–Kier alpha value is -3.23. The van der Waals surface area contributed by atoms with E-state index in [0.29, 0.717) is 12.2 Å². The van der Waals surface area contributed by atoms with Crippen LogP contribution in [0.5, 0.6) is 0 Å². The van der Waals surface area contributed by atoms with Crippen molar-refractivity contribution in [3.05, 3.63) is 71.1 Å². The Morgan fingerprint density at radius 1 is 1.06 bits per heavy atom. The van der Waals surface area contributed by atoms with Crippen LogP contribution in [-0.2, 0) is 19.0 Å². The molecule has 6 nitrogen and oxygen atoms in total. The van der Waals surface area contributed by atoms with E-state index >= 15 is 4.39 Å². The predicted molar refractivity (Wildman–Crippen MR) is 111 cm³/mol. The van der Waals surface area contributed by atoms with Gasteiger partial charge in [-0.25, -0.2) is 18.7 Å². The number of anilines is 2. The lowest BCUT2D eigenvalue weighted by atomic mass is 10.1. The fourth-order valence-corrected chi connectivity index (χ4v) is 3.24. The average Bonchev–Trinajstić information content (AvgIpc) is 3.58. The first-order valence-electron chi connectivity index (χ1n) is 10.1. The Kier molecular flexibility index (Phi) is 5.75. The third kappa shape index (κ3) is 5.10. The lowest BCUT2D eigenvalue weighted by molar-refractivity contribution is 0.0174. The number of halogens is 3. The molecular formula is C22H23F3N6. The van der Waals surface area contributed by atoms with Crippen molar-refractivity contribution in [1.29, 1.82) is 0 Å². The van der Waals surface area contributed by atoms with Crippen LogP contribution in [0.25, 0.3) is 0 Å². The predicted octanol–water partition coefficient (Wildman–Crippen LogP) is 4.61. The highest BCUT2D eigenvalue weighted by atomic mass is 19.3. The molecule has 0 spiro atoms. The third-order valence-electron chi connectivity index (χ3n) is 5.13. The summed E-state index contributed by atoms with van der Waals surface area (Å²) in [5.41, 5.74) is 2.22. The van der Waals surface area contributed by atoms with Gasteiger partial charge in [0.05, 0.1) is 17.9 Å². The molecule has 0 unspecified atom stereocenters. The maximum absolute atomic E-state index is 15.2. The second kappa shape index (κ2) is 8.49. The zero-order valence-electron chi connectivity index (χ0n) is 17.3. The van der Waals surface area contributed by atoms with Gasteiger partial charge < -0.3 is 10.2 Å². The number of nitrogens with one attached hydrogen (secondary N) is 1. The minimum absolute atomic E-state index is 0.0480. The van der Waals surface area contributed by atoms with Gasteiger partial charge in [-0.05, 0) is 37.5 Å². The molecule has 1 N–H and O–H groups in total. The summed E-state index contributed by atoms with van der Waals surface area (Å²) in [5, 5.41) is 11.0. The number of rotatable bonds is 8. The van der Waals surface area contributed by atoms with Gasteiger partial charge >= 0.3 is 0 Å². The standard InChI is InChI=1S/C22H23F3N6/c1-14-3-8-17(30-29-14)11-26-20-19(23)21(28-13-27-20)31(18-9-10-18)12-15-4-6-16(7-5-15)22(2,24)25/h3-8,13,18H,9-12H2,1-2H3,(H,26,27,28). The van der Waals surface area contributed by atoms with Gasteiger partial charge in [0.25, 0.3) is 5.92 Å². The van der Waals surface area contributed by atoms with Crippen LogP contribution >= 0.6 is 0 Å². The zero-order chi connectivity index (χ0) is 22.0. The first-order chi connectivity index (χ1) is 14.8. The highest BCUT2D eigenvalue weighted by Crippen LogP contribution is 2.35. The van der Waals surface area contributed by atoms with Crippen LogP contribution in [-0.4, -0.2) is 26.2 Å². The molecular weight excluding hydrogens is 405 g/mol. The third-order valence-corrected chi connectivity index (χ3v) is 5.13. The summed E-state index contributed by atoms with van der Waals surface area (Å²) in [6.45, 7) is 3.35. The quantitative estimate of drug-likeness (QED) is 0.565. The van der Waals surface area contributed by atoms with E-state index in [1.165, 1.54) is 18.5 Å². The van der Waals surface area contributed by atoms with Crippen molar-refractivity contribution in [3.8, 4) is 0 Å². The fourth-order valence-electron chi connectivity index (χ4n) is 3.24. The number of hydrogen-bond donors (Lipinski definition) is 1. The fraction of sp³-hybridized carbons (Fsp3) is 0.364. The second-order valence-corrected chi connectivity index (χ2v) is 7.82. The minimum atomic E-state index is -2.89. The minimum Gasteiger partial charge on any atom is -0.362 e. The van der Waals surface area contributed by atoms with Crippen LogP contribution in [0, 0.1) is 12.7 Å². The molecule has 1 aromatic carbocycles. The molecule has 1 aliphatic rings. The molecule has 1 aliphatic carbocycles. The molecule has 0 atom stereocenters. The van der Waals surface area contributed by atoms with Gasteiger partial charge in [0.15, 0.2) is 11.6 Å². The summed E-state index contributed by atoms with van der Waals surface area (Å²) in [6.07, 6.45) is 3.17. The van der Waals surface area contributed by atoms with E-state index in [2.05, 4.69) is 25.5 Å². The largest absolute Gasteiger partial charge is 0.362 e. The molecule has 1 fully saturated rings. The summed E-state index contributed by atoms with van der Waals surface area (Å²) in [6, 6.07) is 9.92. The van der Waals surface area contributed by atoms with Crippen molar-refractivity contribution in [3.63, 3.8) is 0 Å².